The third kappa shape index (κ3) is 4.15. The monoisotopic (exact) mass is 382 g/mol. The largest absolute Gasteiger partial charge is 0.182 e. The third-order valence-corrected chi connectivity index (χ3v) is 6.04. The SMILES string of the molecule is [O-][Cl+3]([O-])([O-])OS1=C(c2ccccc2)C=C(Cl)C=C1c1ccccc1. The number of rotatable bonds is 4. The molecule has 0 spiro atoms. The van der Waals surface area contributed by atoms with Gasteiger partial charge in [0.05, 0.1) is 20.0 Å². The van der Waals surface area contributed by atoms with E-state index in [1.54, 1.807) is 12.2 Å². The van der Waals surface area contributed by atoms with E-state index in [0.29, 0.717) is 14.8 Å². The molecule has 1 aliphatic heterocycles. The smallest absolute Gasteiger partial charge is 0.148 e. The maximum atomic E-state index is 11.2. The first-order chi connectivity index (χ1) is 11.4. The van der Waals surface area contributed by atoms with Gasteiger partial charge < -0.3 is 0 Å². The van der Waals surface area contributed by atoms with Crippen molar-refractivity contribution >= 4 is 32.1 Å². The number of hydrogen-bond donors (Lipinski definition) is 0. The van der Waals surface area contributed by atoms with Gasteiger partial charge in [0.15, 0.2) is 0 Å². The molecule has 124 valence electrons. The predicted octanol–water partition coefficient (Wildman–Crippen LogP) is 1.48. The van der Waals surface area contributed by atoms with Crippen molar-refractivity contribution in [3.05, 3.63) is 89.0 Å². The third-order valence-electron chi connectivity index (χ3n) is 3.19. The van der Waals surface area contributed by atoms with Crippen LogP contribution in [0.15, 0.2) is 77.8 Å². The minimum absolute atomic E-state index is 0.431. The maximum Gasteiger partial charge on any atom is 0.148 e. The Morgan fingerprint density at radius 1 is 0.792 bits per heavy atom. The second-order valence-corrected chi connectivity index (χ2v) is 7.96. The van der Waals surface area contributed by atoms with E-state index in [0.717, 1.165) is 11.1 Å². The zero-order chi connectivity index (χ0) is 17.2. The number of allylic oxidation sites excluding steroid dienone is 3. The summed E-state index contributed by atoms with van der Waals surface area (Å²) in [5.41, 5.74) is 1.47. The molecular weight excluding hydrogens is 371 g/mol. The van der Waals surface area contributed by atoms with Crippen molar-refractivity contribution in [1.82, 2.24) is 0 Å². The van der Waals surface area contributed by atoms with Crippen molar-refractivity contribution in [1.29, 1.82) is 0 Å². The quantitative estimate of drug-likeness (QED) is 0.750. The molecule has 0 bridgehead atoms. The maximum absolute atomic E-state index is 11.2. The highest BCUT2D eigenvalue weighted by atomic mass is 35.7. The highest BCUT2D eigenvalue weighted by Crippen LogP contribution is 2.43. The van der Waals surface area contributed by atoms with Crippen LogP contribution >= 0.6 is 22.4 Å². The molecule has 2 aromatic carbocycles. The number of hydrogen-bond acceptors (Lipinski definition) is 4. The van der Waals surface area contributed by atoms with Crippen LogP contribution in [0.5, 0.6) is 0 Å². The van der Waals surface area contributed by atoms with Crippen molar-refractivity contribution in [2.24, 2.45) is 0 Å². The van der Waals surface area contributed by atoms with Crippen LogP contribution in [0.1, 0.15) is 11.1 Å². The standard InChI is InChI=1S/C17H12Cl2O4S/c18-15-11-16(13-7-3-1-4-8-13)24(23-19(20,21)22)17(12-15)14-9-5-2-6-10-14/h1-12H. The van der Waals surface area contributed by atoms with Crippen LogP contribution in [-0.2, 0) is 3.74 Å². The van der Waals surface area contributed by atoms with Gasteiger partial charge in [-0.1, -0.05) is 72.3 Å². The normalized spacial score (nSPS) is 18.2. The summed E-state index contributed by atoms with van der Waals surface area (Å²) in [5.74, 6) is 0. The van der Waals surface area contributed by atoms with Gasteiger partial charge in [-0.15, -0.1) is 0 Å². The summed E-state index contributed by atoms with van der Waals surface area (Å²) in [4.78, 5) is 1.07. The van der Waals surface area contributed by atoms with E-state index in [9.17, 15) is 14.0 Å². The van der Waals surface area contributed by atoms with Crippen LogP contribution in [0.4, 0.5) is 0 Å². The van der Waals surface area contributed by atoms with E-state index in [-0.39, 0.29) is 0 Å². The lowest BCUT2D eigenvalue weighted by Gasteiger charge is -2.20. The molecule has 0 aromatic heterocycles. The Hall–Kier alpha value is -1.44. The second-order valence-electron chi connectivity index (χ2n) is 4.84. The lowest BCUT2D eigenvalue weighted by molar-refractivity contribution is -1.91. The first-order valence-corrected chi connectivity index (χ1v) is 9.62. The van der Waals surface area contributed by atoms with Crippen molar-refractivity contribution in [3.63, 3.8) is 0 Å². The van der Waals surface area contributed by atoms with E-state index in [1.807, 2.05) is 60.7 Å². The minimum atomic E-state index is -4.60. The first kappa shape index (κ1) is 17.4. The summed E-state index contributed by atoms with van der Waals surface area (Å²) in [7, 11) is -6.01. The summed E-state index contributed by atoms with van der Waals surface area (Å²) in [6.45, 7) is 0. The Balaban J connectivity index is 2.21. The molecule has 1 unspecified atom stereocenters. The highest BCUT2D eigenvalue weighted by molar-refractivity contribution is 8.20. The lowest BCUT2D eigenvalue weighted by Crippen LogP contribution is -2.60. The van der Waals surface area contributed by atoms with Gasteiger partial charge in [0.25, 0.3) is 0 Å². The minimum Gasteiger partial charge on any atom is -0.182 e. The van der Waals surface area contributed by atoms with Crippen LogP contribution < -0.4 is 14.0 Å². The summed E-state index contributed by atoms with van der Waals surface area (Å²) in [6, 6.07) is 18.2. The van der Waals surface area contributed by atoms with E-state index < -0.39 is 21.0 Å². The lowest BCUT2D eigenvalue weighted by atomic mass is 10.1. The zero-order valence-electron chi connectivity index (χ0n) is 12.2. The summed E-state index contributed by atoms with van der Waals surface area (Å²) in [5, 5.41) is 0.431. The molecule has 0 fully saturated rings. The Morgan fingerprint density at radius 2 is 1.33 bits per heavy atom. The predicted molar refractivity (Wildman–Crippen MR) is 87.6 cm³/mol. The van der Waals surface area contributed by atoms with Crippen molar-refractivity contribution in [2.45, 2.75) is 0 Å². The van der Waals surface area contributed by atoms with E-state index in [2.05, 4.69) is 0 Å². The summed E-state index contributed by atoms with van der Waals surface area (Å²) < 4.78 is 38.6. The van der Waals surface area contributed by atoms with Gasteiger partial charge in [0, 0.05) is 5.03 Å². The molecule has 0 N–H and O–H groups in total. The number of halogens is 2. The van der Waals surface area contributed by atoms with Crippen LogP contribution in [0.3, 0.4) is 0 Å². The fourth-order valence-corrected chi connectivity index (χ4v) is 5.16. The highest BCUT2D eigenvalue weighted by Gasteiger charge is 2.31. The molecule has 1 atom stereocenters. The van der Waals surface area contributed by atoms with Gasteiger partial charge >= 0.3 is 0 Å². The average molecular weight is 383 g/mol. The molecule has 0 radical (unpaired) electrons. The molecule has 0 saturated carbocycles. The van der Waals surface area contributed by atoms with Gasteiger partial charge in [0.1, 0.15) is 14.5 Å². The van der Waals surface area contributed by atoms with Crippen LogP contribution in [0.25, 0.3) is 4.91 Å². The molecule has 7 heteroatoms. The van der Waals surface area contributed by atoms with Crippen molar-refractivity contribution < 1.29 is 28.0 Å². The van der Waals surface area contributed by atoms with E-state index in [4.69, 9.17) is 15.3 Å². The molecule has 0 aliphatic carbocycles. The number of benzene rings is 2. The molecular formula is C17H12Cl2O4S. The Labute approximate surface area is 149 Å². The van der Waals surface area contributed by atoms with E-state index in [1.165, 1.54) is 0 Å². The van der Waals surface area contributed by atoms with Crippen molar-refractivity contribution in [2.75, 3.05) is 0 Å². The Kier molecular flexibility index (Phi) is 5.22. The first-order valence-electron chi connectivity index (χ1n) is 6.86. The summed E-state index contributed by atoms with van der Waals surface area (Å²) in [6.07, 6.45) is 3.24. The molecule has 24 heavy (non-hydrogen) atoms. The van der Waals surface area contributed by atoms with Gasteiger partial charge in [-0.05, 0) is 23.3 Å². The second kappa shape index (κ2) is 7.21. The topological polar surface area (TPSA) is 78.4 Å². The van der Waals surface area contributed by atoms with Gasteiger partial charge in [-0.2, -0.15) is 14.0 Å². The fraction of sp³-hybridized carbons (Fsp3) is 0. The Bertz CT molecular complexity index is 825. The van der Waals surface area contributed by atoms with Crippen molar-refractivity contribution in [3.8, 4) is 0 Å². The summed E-state index contributed by atoms with van der Waals surface area (Å²) >= 11 is 6.23. The zero-order valence-corrected chi connectivity index (χ0v) is 14.6. The van der Waals surface area contributed by atoms with Gasteiger partial charge in [-0.25, -0.2) is 0 Å². The van der Waals surface area contributed by atoms with Gasteiger partial charge in [-0.3, -0.25) is 0 Å². The average Bonchev–Trinajstić information content (AvgIpc) is 2.56. The molecule has 1 aliphatic rings. The molecule has 0 amide bonds. The van der Waals surface area contributed by atoms with Crippen LogP contribution in [0.2, 0.25) is 0 Å². The van der Waals surface area contributed by atoms with Crippen LogP contribution in [-0.4, -0.2) is 4.86 Å². The molecule has 4 nitrogen and oxygen atoms in total. The van der Waals surface area contributed by atoms with E-state index >= 15 is 0 Å². The molecule has 0 saturated heterocycles. The molecule has 1 heterocycles. The van der Waals surface area contributed by atoms with Gasteiger partial charge in [0.2, 0.25) is 0 Å². The fourth-order valence-electron chi connectivity index (χ4n) is 2.25. The molecule has 3 rings (SSSR count). The molecule has 2 aromatic rings. The Morgan fingerprint density at radius 3 is 1.88 bits per heavy atom. The van der Waals surface area contributed by atoms with Crippen LogP contribution in [0, 0.1) is 10.2 Å².